The predicted octanol–water partition coefficient (Wildman–Crippen LogP) is 1.98. The highest BCUT2D eigenvalue weighted by Gasteiger charge is 2.32. The standard InChI is InChI=1S/C11H11FN6O3/c12-7-2-8(13)10(3-9(7)18(20)21)17-5-6(1-11(17)19)4-15-16-14/h2-3,6H,1,4-5,13H2. The number of benzene rings is 1. The van der Waals surface area contributed by atoms with E-state index in [4.69, 9.17) is 11.3 Å². The van der Waals surface area contributed by atoms with Crippen LogP contribution in [0.3, 0.4) is 0 Å². The lowest BCUT2D eigenvalue weighted by Crippen LogP contribution is -2.26. The summed E-state index contributed by atoms with van der Waals surface area (Å²) in [6.45, 7) is 0.354. The maximum Gasteiger partial charge on any atom is 0.307 e. The fraction of sp³-hybridized carbons (Fsp3) is 0.364. The monoisotopic (exact) mass is 294 g/mol. The van der Waals surface area contributed by atoms with Gasteiger partial charge in [0, 0.05) is 36.6 Å². The fourth-order valence-corrected chi connectivity index (χ4v) is 2.23. The maximum atomic E-state index is 13.4. The van der Waals surface area contributed by atoms with E-state index >= 15 is 0 Å². The van der Waals surface area contributed by atoms with E-state index in [2.05, 4.69) is 10.0 Å². The number of nitrogen functional groups attached to an aromatic ring is 1. The van der Waals surface area contributed by atoms with E-state index in [1.807, 2.05) is 0 Å². The summed E-state index contributed by atoms with van der Waals surface area (Å²) in [6, 6.07) is 1.76. The Morgan fingerprint density at radius 1 is 1.62 bits per heavy atom. The van der Waals surface area contributed by atoms with E-state index in [9.17, 15) is 19.3 Å². The SMILES string of the molecule is [N-]=[N+]=NCC1CC(=O)N(c2cc([N+](=O)[O-])c(F)cc2N)C1. The molecule has 2 rings (SSSR count). The van der Waals surface area contributed by atoms with E-state index in [-0.39, 0.29) is 42.7 Å². The number of anilines is 2. The first kappa shape index (κ1) is 14.5. The van der Waals surface area contributed by atoms with Crippen molar-refractivity contribution in [2.45, 2.75) is 6.42 Å². The molecule has 1 saturated heterocycles. The zero-order chi connectivity index (χ0) is 15.6. The van der Waals surface area contributed by atoms with E-state index in [0.717, 1.165) is 12.1 Å². The van der Waals surface area contributed by atoms with Gasteiger partial charge in [-0.2, -0.15) is 4.39 Å². The first-order chi connectivity index (χ1) is 9.93. The third-order valence-electron chi connectivity index (χ3n) is 3.19. The molecule has 0 saturated carbocycles. The Kier molecular flexibility index (Phi) is 3.90. The molecule has 0 bridgehead atoms. The first-order valence-corrected chi connectivity index (χ1v) is 5.98. The Morgan fingerprint density at radius 2 is 2.33 bits per heavy atom. The van der Waals surface area contributed by atoms with E-state index in [0.29, 0.717) is 0 Å². The van der Waals surface area contributed by atoms with Crippen molar-refractivity contribution >= 4 is 23.0 Å². The summed E-state index contributed by atoms with van der Waals surface area (Å²) < 4.78 is 13.4. The minimum Gasteiger partial charge on any atom is -0.397 e. The number of rotatable bonds is 4. The lowest BCUT2D eigenvalue weighted by atomic mass is 10.1. The van der Waals surface area contributed by atoms with Crippen LogP contribution in [0.25, 0.3) is 10.4 Å². The number of hydrogen-bond acceptors (Lipinski definition) is 5. The van der Waals surface area contributed by atoms with Crippen molar-refractivity contribution in [3.8, 4) is 0 Å². The van der Waals surface area contributed by atoms with Gasteiger partial charge in [0.25, 0.3) is 0 Å². The molecule has 1 aromatic rings. The average molecular weight is 294 g/mol. The van der Waals surface area contributed by atoms with E-state index in [1.54, 1.807) is 0 Å². The van der Waals surface area contributed by atoms with Crippen molar-refractivity contribution < 1.29 is 14.1 Å². The summed E-state index contributed by atoms with van der Waals surface area (Å²) in [5.41, 5.74) is 13.2. The molecule has 1 heterocycles. The third-order valence-corrected chi connectivity index (χ3v) is 3.19. The summed E-state index contributed by atoms with van der Waals surface area (Å²) in [5, 5.41) is 14.2. The van der Waals surface area contributed by atoms with Crippen molar-refractivity contribution in [3.63, 3.8) is 0 Å². The summed E-state index contributed by atoms with van der Waals surface area (Å²) >= 11 is 0. The fourth-order valence-electron chi connectivity index (χ4n) is 2.23. The van der Waals surface area contributed by atoms with Crippen molar-refractivity contribution in [1.29, 1.82) is 0 Å². The number of nitro groups is 1. The molecule has 1 aliphatic heterocycles. The molecule has 21 heavy (non-hydrogen) atoms. The van der Waals surface area contributed by atoms with Crippen molar-refractivity contribution in [2.24, 2.45) is 11.0 Å². The van der Waals surface area contributed by atoms with Crippen LogP contribution in [-0.2, 0) is 4.79 Å². The van der Waals surface area contributed by atoms with Crippen molar-refractivity contribution in [1.82, 2.24) is 0 Å². The van der Waals surface area contributed by atoms with Gasteiger partial charge < -0.3 is 10.6 Å². The third kappa shape index (κ3) is 2.84. The summed E-state index contributed by atoms with van der Waals surface area (Å²) in [6.07, 6.45) is 0.142. The molecule has 2 N–H and O–H groups in total. The Bertz CT molecular complexity index is 658. The van der Waals surface area contributed by atoms with Crippen LogP contribution in [0.4, 0.5) is 21.5 Å². The zero-order valence-corrected chi connectivity index (χ0v) is 10.8. The summed E-state index contributed by atoms with van der Waals surface area (Å²) in [5.74, 6) is -1.56. The molecule has 0 radical (unpaired) electrons. The van der Waals surface area contributed by atoms with Crippen LogP contribution in [0.5, 0.6) is 0 Å². The van der Waals surface area contributed by atoms with Crippen LogP contribution < -0.4 is 10.6 Å². The second-order valence-electron chi connectivity index (χ2n) is 4.61. The molecular formula is C11H11FN6O3. The lowest BCUT2D eigenvalue weighted by Gasteiger charge is -2.18. The predicted molar refractivity (Wildman–Crippen MR) is 71.9 cm³/mol. The molecule has 110 valence electrons. The highest BCUT2D eigenvalue weighted by Crippen LogP contribution is 2.34. The number of nitrogens with zero attached hydrogens (tertiary/aromatic N) is 5. The Hall–Kier alpha value is -2.87. The van der Waals surface area contributed by atoms with Crippen LogP contribution >= 0.6 is 0 Å². The number of hydrogen-bond donors (Lipinski definition) is 1. The topological polar surface area (TPSA) is 138 Å². The molecule has 9 nitrogen and oxygen atoms in total. The molecule has 0 aliphatic carbocycles. The number of azide groups is 1. The van der Waals surface area contributed by atoms with Gasteiger partial charge in [-0.3, -0.25) is 14.9 Å². The summed E-state index contributed by atoms with van der Waals surface area (Å²) in [4.78, 5) is 25.7. The Labute approximate surface area is 117 Å². The van der Waals surface area contributed by atoms with Crippen LogP contribution in [0.2, 0.25) is 0 Å². The van der Waals surface area contributed by atoms with Crippen molar-refractivity contribution in [3.05, 3.63) is 38.5 Å². The van der Waals surface area contributed by atoms with Gasteiger partial charge in [0.1, 0.15) is 0 Å². The summed E-state index contributed by atoms with van der Waals surface area (Å²) in [7, 11) is 0. The van der Waals surface area contributed by atoms with Gasteiger partial charge in [0.2, 0.25) is 11.7 Å². The van der Waals surface area contributed by atoms with E-state index < -0.39 is 16.4 Å². The van der Waals surface area contributed by atoms with Crippen LogP contribution in [0.1, 0.15) is 6.42 Å². The maximum absolute atomic E-state index is 13.4. The molecule has 0 aromatic heterocycles. The van der Waals surface area contributed by atoms with Gasteiger partial charge in [-0.15, -0.1) is 0 Å². The normalized spacial score (nSPS) is 17.7. The molecule has 0 spiro atoms. The number of amides is 1. The number of carbonyl (C=O) groups excluding carboxylic acids is 1. The highest BCUT2D eigenvalue weighted by molar-refractivity contribution is 5.98. The minimum atomic E-state index is -1.06. The molecule has 1 atom stereocenters. The quantitative estimate of drug-likeness (QED) is 0.226. The Morgan fingerprint density at radius 3 is 2.95 bits per heavy atom. The number of nitrogens with two attached hydrogens (primary N) is 1. The van der Waals surface area contributed by atoms with Gasteiger partial charge in [0.15, 0.2) is 0 Å². The lowest BCUT2D eigenvalue weighted by molar-refractivity contribution is -0.387. The largest absolute Gasteiger partial charge is 0.397 e. The van der Waals surface area contributed by atoms with Gasteiger partial charge >= 0.3 is 5.69 Å². The van der Waals surface area contributed by atoms with Crippen LogP contribution in [-0.4, -0.2) is 23.9 Å². The first-order valence-electron chi connectivity index (χ1n) is 5.98. The van der Waals surface area contributed by atoms with Gasteiger partial charge in [-0.25, -0.2) is 0 Å². The molecule has 1 amide bonds. The van der Waals surface area contributed by atoms with Gasteiger partial charge in [-0.05, 0) is 11.4 Å². The number of carbonyl (C=O) groups is 1. The van der Waals surface area contributed by atoms with Gasteiger partial charge in [-0.1, -0.05) is 5.11 Å². The Balaban J connectivity index is 2.33. The second-order valence-corrected chi connectivity index (χ2v) is 4.61. The molecule has 1 aromatic carbocycles. The molecular weight excluding hydrogens is 283 g/mol. The molecule has 1 unspecified atom stereocenters. The molecule has 1 aliphatic rings. The van der Waals surface area contributed by atoms with Crippen LogP contribution in [0.15, 0.2) is 17.2 Å². The minimum absolute atomic E-state index is 0.0594. The van der Waals surface area contributed by atoms with Gasteiger partial charge in [0.05, 0.1) is 16.3 Å². The second kappa shape index (κ2) is 5.63. The van der Waals surface area contributed by atoms with Crippen LogP contribution in [0, 0.1) is 21.8 Å². The number of halogens is 1. The molecule has 1 fully saturated rings. The van der Waals surface area contributed by atoms with E-state index in [1.165, 1.54) is 4.90 Å². The highest BCUT2D eigenvalue weighted by atomic mass is 19.1. The smallest absolute Gasteiger partial charge is 0.307 e. The molecule has 10 heteroatoms. The average Bonchev–Trinajstić information content (AvgIpc) is 2.77. The zero-order valence-electron chi connectivity index (χ0n) is 10.8. The number of nitro benzene ring substituents is 1. The van der Waals surface area contributed by atoms with Crippen molar-refractivity contribution in [2.75, 3.05) is 23.7 Å².